The molecule has 3 nitrogen and oxygen atoms in total. The molecule has 2 N–H and O–H groups in total. The van der Waals surface area contributed by atoms with Crippen molar-refractivity contribution in [1.82, 2.24) is 5.32 Å². The topological polar surface area (TPSA) is 49.3 Å². The Balaban J connectivity index is 2.89. The number of hydrogen-bond donors (Lipinski definition) is 2. The summed E-state index contributed by atoms with van der Waals surface area (Å²) in [5.41, 5.74) is 3.91. The van der Waals surface area contributed by atoms with E-state index in [1.807, 2.05) is 39.8 Å². The molecule has 94 valence electrons. The minimum Gasteiger partial charge on any atom is -0.396 e. The highest BCUT2D eigenvalue weighted by molar-refractivity contribution is 5.97. The fraction of sp³-hybridized carbons (Fsp3) is 0.500. The van der Waals surface area contributed by atoms with Crippen LogP contribution in [-0.4, -0.2) is 23.7 Å². The normalized spacial score (nSPS) is 12.3. The van der Waals surface area contributed by atoms with Gasteiger partial charge in [0.25, 0.3) is 5.91 Å². The lowest BCUT2D eigenvalue weighted by Crippen LogP contribution is -2.34. The van der Waals surface area contributed by atoms with Gasteiger partial charge in [0.15, 0.2) is 0 Å². The predicted molar refractivity (Wildman–Crippen MR) is 69.3 cm³/mol. The fourth-order valence-electron chi connectivity index (χ4n) is 2.10. The molecule has 1 aromatic carbocycles. The number of nitrogens with one attached hydrogen (secondary N) is 1. The lowest BCUT2D eigenvalue weighted by molar-refractivity contribution is 0.0933. The third-order valence-electron chi connectivity index (χ3n) is 2.84. The van der Waals surface area contributed by atoms with Crippen LogP contribution in [0.15, 0.2) is 12.1 Å². The number of aryl methyl sites for hydroxylation is 3. The Kier molecular flexibility index (Phi) is 4.70. The second-order valence-corrected chi connectivity index (χ2v) is 4.66. The van der Waals surface area contributed by atoms with Crippen LogP contribution in [0.25, 0.3) is 0 Å². The molecule has 0 radical (unpaired) electrons. The summed E-state index contributed by atoms with van der Waals surface area (Å²) in [5.74, 6) is -0.0547. The van der Waals surface area contributed by atoms with Gasteiger partial charge in [-0.05, 0) is 45.2 Å². The van der Waals surface area contributed by atoms with Crippen molar-refractivity contribution in [3.8, 4) is 0 Å². The van der Waals surface area contributed by atoms with Gasteiger partial charge in [0.1, 0.15) is 0 Å². The summed E-state index contributed by atoms with van der Waals surface area (Å²) >= 11 is 0. The molecule has 0 aliphatic heterocycles. The van der Waals surface area contributed by atoms with Crippen LogP contribution in [0.1, 0.15) is 40.4 Å². The summed E-state index contributed by atoms with van der Waals surface area (Å²) in [6, 6.07) is 4.02. The van der Waals surface area contributed by atoms with Gasteiger partial charge in [-0.15, -0.1) is 0 Å². The Hall–Kier alpha value is -1.35. The molecule has 17 heavy (non-hydrogen) atoms. The first-order chi connectivity index (χ1) is 7.95. The van der Waals surface area contributed by atoms with Gasteiger partial charge in [0, 0.05) is 18.2 Å². The first-order valence-corrected chi connectivity index (χ1v) is 5.95. The number of hydrogen-bond acceptors (Lipinski definition) is 2. The van der Waals surface area contributed by atoms with E-state index in [1.165, 1.54) is 5.56 Å². The van der Waals surface area contributed by atoms with Crippen LogP contribution < -0.4 is 5.32 Å². The van der Waals surface area contributed by atoms with Crippen molar-refractivity contribution in [2.24, 2.45) is 0 Å². The van der Waals surface area contributed by atoms with Crippen molar-refractivity contribution in [2.75, 3.05) is 6.61 Å². The molecule has 1 rings (SSSR count). The van der Waals surface area contributed by atoms with Gasteiger partial charge >= 0.3 is 0 Å². The van der Waals surface area contributed by atoms with E-state index in [9.17, 15) is 4.79 Å². The molecule has 0 saturated carbocycles. The van der Waals surface area contributed by atoms with Crippen LogP contribution in [0.3, 0.4) is 0 Å². The van der Waals surface area contributed by atoms with Gasteiger partial charge in [0.2, 0.25) is 0 Å². The smallest absolute Gasteiger partial charge is 0.252 e. The van der Waals surface area contributed by atoms with E-state index in [0.717, 1.165) is 16.7 Å². The molecule has 1 atom stereocenters. The predicted octanol–water partition coefficient (Wildman–Crippen LogP) is 2.11. The Bertz CT molecular complexity index is 390. The minimum absolute atomic E-state index is 0.00685. The first kappa shape index (κ1) is 13.7. The highest BCUT2D eigenvalue weighted by Crippen LogP contribution is 2.16. The Morgan fingerprint density at radius 2 is 1.82 bits per heavy atom. The number of carbonyl (C=O) groups excluding carboxylic acids is 1. The minimum atomic E-state index is -0.0547. The first-order valence-electron chi connectivity index (χ1n) is 5.95. The molecule has 0 fully saturated rings. The summed E-state index contributed by atoms with van der Waals surface area (Å²) in [5, 5.41) is 11.7. The number of aliphatic hydroxyl groups excluding tert-OH is 1. The van der Waals surface area contributed by atoms with Crippen LogP contribution >= 0.6 is 0 Å². The number of benzene rings is 1. The molecule has 0 aliphatic rings. The SMILES string of the molecule is Cc1cc(C)c(C(=O)NC(C)CCO)c(C)c1. The van der Waals surface area contributed by atoms with Crippen molar-refractivity contribution in [2.45, 2.75) is 40.2 Å². The molecule has 1 aromatic rings. The summed E-state index contributed by atoms with van der Waals surface area (Å²) < 4.78 is 0. The Morgan fingerprint density at radius 1 is 1.29 bits per heavy atom. The highest BCUT2D eigenvalue weighted by atomic mass is 16.3. The van der Waals surface area contributed by atoms with Crippen molar-refractivity contribution in [3.05, 3.63) is 34.4 Å². The second kappa shape index (κ2) is 5.82. The van der Waals surface area contributed by atoms with Gasteiger partial charge in [0.05, 0.1) is 0 Å². The van der Waals surface area contributed by atoms with Gasteiger partial charge in [-0.1, -0.05) is 17.7 Å². The standard InChI is InChI=1S/C14H21NO2/c1-9-7-10(2)13(11(3)8-9)14(17)15-12(4)5-6-16/h7-8,12,16H,5-6H2,1-4H3,(H,15,17). The fourth-order valence-corrected chi connectivity index (χ4v) is 2.10. The van der Waals surface area contributed by atoms with Crippen molar-refractivity contribution in [3.63, 3.8) is 0 Å². The van der Waals surface area contributed by atoms with Crippen LogP contribution in [0.5, 0.6) is 0 Å². The number of amides is 1. The molecule has 1 unspecified atom stereocenters. The largest absolute Gasteiger partial charge is 0.396 e. The summed E-state index contributed by atoms with van der Waals surface area (Å²) in [4.78, 5) is 12.1. The Labute approximate surface area is 103 Å². The van der Waals surface area contributed by atoms with E-state index in [2.05, 4.69) is 5.32 Å². The van der Waals surface area contributed by atoms with E-state index in [0.29, 0.717) is 6.42 Å². The zero-order valence-electron chi connectivity index (χ0n) is 11.0. The van der Waals surface area contributed by atoms with Crippen LogP contribution in [0.4, 0.5) is 0 Å². The van der Waals surface area contributed by atoms with E-state index >= 15 is 0 Å². The highest BCUT2D eigenvalue weighted by Gasteiger charge is 2.14. The molecule has 0 aliphatic carbocycles. The molecule has 0 heterocycles. The van der Waals surface area contributed by atoms with Gasteiger partial charge in [-0.3, -0.25) is 4.79 Å². The molecular weight excluding hydrogens is 214 g/mol. The number of rotatable bonds is 4. The zero-order valence-corrected chi connectivity index (χ0v) is 11.0. The van der Waals surface area contributed by atoms with Gasteiger partial charge in [-0.25, -0.2) is 0 Å². The molecule has 0 saturated heterocycles. The monoisotopic (exact) mass is 235 g/mol. The van der Waals surface area contributed by atoms with E-state index in [-0.39, 0.29) is 18.6 Å². The van der Waals surface area contributed by atoms with Gasteiger partial charge < -0.3 is 10.4 Å². The maximum atomic E-state index is 12.1. The number of aliphatic hydroxyl groups is 1. The maximum absolute atomic E-state index is 12.1. The summed E-state index contributed by atoms with van der Waals surface area (Å²) in [6.45, 7) is 7.91. The molecule has 0 spiro atoms. The maximum Gasteiger partial charge on any atom is 0.252 e. The molecule has 1 amide bonds. The number of carbonyl (C=O) groups is 1. The van der Waals surface area contributed by atoms with Crippen molar-refractivity contribution < 1.29 is 9.90 Å². The van der Waals surface area contributed by atoms with E-state index < -0.39 is 0 Å². The molecule has 3 heteroatoms. The van der Waals surface area contributed by atoms with Crippen molar-refractivity contribution in [1.29, 1.82) is 0 Å². The summed E-state index contributed by atoms with van der Waals surface area (Å²) in [6.07, 6.45) is 0.579. The average molecular weight is 235 g/mol. The molecule has 0 bridgehead atoms. The Morgan fingerprint density at radius 3 is 2.29 bits per heavy atom. The quantitative estimate of drug-likeness (QED) is 0.839. The lowest BCUT2D eigenvalue weighted by atomic mass is 9.99. The average Bonchev–Trinajstić information content (AvgIpc) is 2.15. The third-order valence-corrected chi connectivity index (χ3v) is 2.84. The van der Waals surface area contributed by atoms with Crippen molar-refractivity contribution >= 4 is 5.91 Å². The molecular formula is C14H21NO2. The zero-order chi connectivity index (χ0) is 13.0. The third kappa shape index (κ3) is 3.56. The van der Waals surface area contributed by atoms with Gasteiger partial charge in [-0.2, -0.15) is 0 Å². The van der Waals surface area contributed by atoms with Crippen LogP contribution in [-0.2, 0) is 0 Å². The molecule has 0 aromatic heterocycles. The second-order valence-electron chi connectivity index (χ2n) is 4.66. The van der Waals surface area contributed by atoms with E-state index in [4.69, 9.17) is 5.11 Å². The van der Waals surface area contributed by atoms with Crippen LogP contribution in [0.2, 0.25) is 0 Å². The lowest BCUT2D eigenvalue weighted by Gasteiger charge is -2.15. The van der Waals surface area contributed by atoms with E-state index in [1.54, 1.807) is 0 Å². The van der Waals surface area contributed by atoms with Crippen LogP contribution in [0, 0.1) is 20.8 Å². The summed E-state index contributed by atoms with van der Waals surface area (Å²) in [7, 11) is 0.